The largest absolute Gasteiger partial charge is 0.336 e. The van der Waals surface area contributed by atoms with Gasteiger partial charge in [0.25, 0.3) is 0 Å². The van der Waals surface area contributed by atoms with E-state index < -0.39 is 10.0 Å². The summed E-state index contributed by atoms with van der Waals surface area (Å²) in [6, 6.07) is 0.147. The van der Waals surface area contributed by atoms with E-state index in [0.29, 0.717) is 19.5 Å². The topological polar surface area (TPSA) is 84.3 Å². The van der Waals surface area contributed by atoms with Gasteiger partial charge in [0.15, 0.2) is 0 Å². The van der Waals surface area contributed by atoms with Crippen LogP contribution in [0.4, 0.5) is 0 Å². The molecule has 8 heteroatoms. The van der Waals surface area contributed by atoms with Crippen LogP contribution in [0.3, 0.4) is 0 Å². The number of hydrogen-bond donors (Lipinski definition) is 1. The maximum atomic E-state index is 13.2. The third-order valence-corrected chi connectivity index (χ3v) is 6.24. The zero-order valence-corrected chi connectivity index (χ0v) is 17.5. The Bertz CT molecular complexity index is 857. The Morgan fingerprint density at radius 3 is 2.70 bits per heavy atom. The van der Waals surface area contributed by atoms with Crippen LogP contribution in [0.5, 0.6) is 0 Å². The second-order valence-corrected chi connectivity index (χ2v) is 10.1. The van der Waals surface area contributed by atoms with Crippen molar-refractivity contribution in [1.29, 1.82) is 0 Å². The van der Waals surface area contributed by atoms with Crippen molar-refractivity contribution in [2.45, 2.75) is 65.6 Å². The van der Waals surface area contributed by atoms with Gasteiger partial charge in [-0.1, -0.05) is 19.1 Å². The van der Waals surface area contributed by atoms with Crippen molar-refractivity contribution in [3.05, 3.63) is 29.1 Å². The fourth-order valence-electron chi connectivity index (χ4n) is 4.00. The molecule has 1 aromatic heterocycles. The van der Waals surface area contributed by atoms with Crippen LogP contribution in [-0.4, -0.2) is 41.8 Å². The summed E-state index contributed by atoms with van der Waals surface area (Å²) in [5.74, 6) is 0.213. The van der Waals surface area contributed by atoms with Crippen LogP contribution in [0.1, 0.15) is 63.0 Å². The number of allylic oxidation sites excluding steroid dienone is 2. The van der Waals surface area contributed by atoms with Gasteiger partial charge < -0.3 is 4.90 Å². The zero-order valence-electron chi connectivity index (χ0n) is 16.7. The molecule has 3 rings (SSSR count). The van der Waals surface area contributed by atoms with Crippen molar-refractivity contribution < 1.29 is 13.2 Å². The Morgan fingerprint density at radius 1 is 1.37 bits per heavy atom. The lowest BCUT2D eigenvalue weighted by Crippen LogP contribution is -2.45. The second-order valence-electron chi connectivity index (χ2n) is 8.26. The lowest BCUT2D eigenvalue weighted by atomic mass is 9.77. The fourth-order valence-corrected chi connectivity index (χ4v) is 4.40. The monoisotopic (exact) mass is 394 g/mol. The predicted molar refractivity (Wildman–Crippen MR) is 105 cm³/mol. The van der Waals surface area contributed by atoms with Gasteiger partial charge in [-0.25, -0.2) is 13.1 Å². The third kappa shape index (κ3) is 4.27. The summed E-state index contributed by atoms with van der Waals surface area (Å²) in [4.78, 5) is 15.2. The molecule has 1 aliphatic heterocycles. The molecule has 0 radical (unpaired) electrons. The van der Waals surface area contributed by atoms with Crippen molar-refractivity contribution in [2.24, 2.45) is 5.41 Å². The Balaban J connectivity index is 1.85. The molecular weight excluding hydrogens is 364 g/mol. The smallest absolute Gasteiger partial charge is 0.229 e. The summed E-state index contributed by atoms with van der Waals surface area (Å²) in [6.45, 7) is 7.55. The molecular formula is C19H30N4O3S. The minimum Gasteiger partial charge on any atom is -0.336 e. The highest BCUT2D eigenvalue weighted by atomic mass is 32.2. The SMILES string of the molecule is CC(C)n1nc(CNS(C)(=O)=O)c2c1CN(C(=O)C1(C)CC=CCC1)CC2. The van der Waals surface area contributed by atoms with E-state index in [0.717, 1.165) is 42.5 Å². The molecule has 1 amide bonds. The van der Waals surface area contributed by atoms with Crippen molar-refractivity contribution in [2.75, 3.05) is 12.8 Å². The molecule has 1 unspecified atom stereocenters. The number of amides is 1. The van der Waals surface area contributed by atoms with Crippen molar-refractivity contribution in [1.82, 2.24) is 19.4 Å². The fraction of sp³-hybridized carbons (Fsp3) is 0.684. The summed E-state index contributed by atoms with van der Waals surface area (Å²) in [6.07, 6.45) is 8.76. The van der Waals surface area contributed by atoms with Crippen LogP contribution in [-0.2, 0) is 34.3 Å². The molecule has 1 N–H and O–H groups in total. The van der Waals surface area contributed by atoms with E-state index in [1.165, 1.54) is 0 Å². The van der Waals surface area contributed by atoms with Crippen LogP contribution >= 0.6 is 0 Å². The maximum Gasteiger partial charge on any atom is 0.229 e. The van der Waals surface area contributed by atoms with E-state index in [4.69, 9.17) is 0 Å². The highest BCUT2D eigenvalue weighted by Crippen LogP contribution is 2.36. The first-order chi connectivity index (χ1) is 12.6. The summed E-state index contributed by atoms with van der Waals surface area (Å²) >= 11 is 0. The Morgan fingerprint density at radius 2 is 2.11 bits per heavy atom. The van der Waals surface area contributed by atoms with E-state index in [2.05, 4.69) is 42.7 Å². The molecule has 1 aromatic rings. The van der Waals surface area contributed by atoms with Gasteiger partial charge in [0.2, 0.25) is 15.9 Å². The molecule has 0 fully saturated rings. The van der Waals surface area contributed by atoms with E-state index in [1.54, 1.807) is 0 Å². The Kier molecular flexibility index (Phi) is 5.49. The van der Waals surface area contributed by atoms with Gasteiger partial charge >= 0.3 is 0 Å². The van der Waals surface area contributed by atoms with Gasteiger partial charge in [0.1, 0.15) is 0 Å². The summed E-state index contributed by atoms with van der Waals surface area (Å²) in [7, 11) is -3.28. The predicted octanol–water partition coefficient (Wildman–Crippen LogP) is 2.14. The number of nitrogens with one attached hydrogen (secondary N) is 1. The molecule has 0 spiro atoms. The number of aromatic nitrogens is 2. The number of fused-ring (bicyclic) bond motifs is 1. The quantitative estimate of drug-likeness (QED) is 0.776. The number of rotatable bonds is 5. The second kappa shape index (κ2) is 7.39. The minimum atomic E-state index is -3.28. The lowest BCUT2D eigenvalue weighted by Gasteiger charge is -2.37. The molecule has 1 atom stereocenters. The molecule has 150 valence electrons. The molecule has 7 nitrogen and oxygen atoms in total. The molecule has 0 saturated heterocycles. The first-order valence-corrected chi connectivity index (χ1v) is 11.5. The minimum absolute atomic E-state index is 0.147. The normalized spacial score (nSPS) is 22.9. The van der Waals surface area contributed by atoms with Gasteiger partial charge in [0, 0.05) is 18.2 Å². The highest BCUT2D eigenvalue weighted by Gasteiger charge is 2.38. The van der Waals surface area contributed by atoms with Crippen LogP contribution in [0, 0.1) is 5.41 Å². The molecule has 0 bridgehead atoms. The number of hydrogen-bond acceptors (Lipinski definition) is 4. The third-order valence-electron chi connectivity index (χ3n) is 5.57. The van der Waals surface area contributed by atoms with E-state index in [-0.39, 0.29) is 23.9 Å². The number of carbonyl (C=O) groups excluding carboxylic acids is 1. The average molecular weight is 395 g/mol. The maximum absolute atomic E-state index is 13.2. The van der Waals surface area contributed by atoms with Crippen LogP contribution in [0.25, 0.3) is 0 Å². The molecule has 2 heterocycles. The van der Waals surface area contributed by atoms with E-state index >= 15 is 0 Å². The van der Waals surface area contributed by atoms with E-state index in [9.17, 15) is 13.2 Å². The average Bonchev–Trinajstić information content (AvgIpc) is 2.97. The highest BCUT2D eigenvalue weighted by molar-refractivity contribution is 7.88. The number of carbonyl (C=O) groups is 1. The van der Waals surface area contributed by atoms with Gasteiger partial charge in [-0.3, -0.25) is 9.48 Å². The molecule has 0 aromatic carbocycles. The molecule has 2 aliphatic rings. The Labute approximate surface area is 161 Å². The van der Waals surface area contributed by atoms with Gasteiger partial charge in [-0.05, 0) is 39.5 Å². The van der Waals surface area contributed by atoms with Crippen LogP contribution in [0.15, 0.2) is 12.2 Å². The first-order valence-electron chi connectivity index (χ1n) is 9.59. The molecule has 1 aliphatic carbocycles. The van der Waals surface area contributed by atoms with Crippen LogP contribution < -0.4 is 4.72 Å². The first kappa shape index (κ1) is 20.1. The zero-order chi connectivity index (χ0) is 19.8. The Hall–Kier alpha value is -1.67. The molecule has 0 saturated carbocycles. The number of nitrogens with zero attached hydrogens (tertiary/aromatic N) is 3. The summed E-state index contributed by atoms with van der Waals surface area (Å²) < 4.78 is 27.4. The standard InChI is InChI=1S/C19H30N4O3S/c1-14(2)23-17-13-22(18(24)19(3)9-6-5-7-10-19)11-8-15(17)16(21-23)12-20-27(4,25)26/h5-6,14,20H,7-13H2,1-4H3. The van der Waals surface area contributed by atoms with Crippen molar-refractivity contribution >= 4 is 15.9 Å². The van der Waals surface area contributed by atoms with Crippen molar-refractivity contribution in [3.8, 4) is 0 Å². The summed E-state index contributed by atoms with van der Waals surface area (Å²) in [5.41, 5.74) is 2.56. The van der Waals surface area contributed by atoms with E-state index in [1.807, 2.05) is 9.58 Å². The summed E-state index contributed by atoms with van der Waals surface area (Å²) in [5, 5.41) is 4.66. The lowest BCUT2D eigenvalue weighted by molar-refractivity contribution is -0.142. The van der Waals surface area contributed by atoms with Crippen LogP contribution in [0.2, 0.25) is 0 Å². The molecule has 27 heavy (non-hydrogen) atoms. The number of sulfonamides is 1. The van der Waals surface area contributed by atoms with Gasteiger partial charge in [-0.2, -0.15) is 5.10 Å². The van der Waals surface area contributed by atoms with Gasteiger partial charge in [-0.15, -0.1) is 0 Å². The van der Waals surface area contributed by atoms with Crippen molar-refractivity contribution in [3.63, 3.8) is 0 Å². The van der Waals surface area contributed by atoms with Gasteiger partial charge in [0.05, 0.1) is 36.1 Å².